The lowest BCUT2D eigenvalue weighted by Gasteiger charge is -2.12. The minimum Gasteiger partial charge on any atom is -0.457 e. The molecule has 0 aromatic heterocycles. The number of hydrogen-bond donors (Lipinski definition) is 1. The van der Waals surface area contributed by atoms with E-state index < -0.39 is 6.10 Å². The van der Waals surface area contributed by atoms with Crippen molar-refractivity contribution in [3.8, 4) is 17.6 Å². The van der Waals surface area contributed by atoms with Crippen LogP contribution in [0, 0.1) is 11.3 Å². The number of rotatable bonds is 3. The van der Waals surface area contributed by atoms with Crippen molar-refractivity contribution in [2.75, 3.05) is 0 Å². The molecule has 3 heteroatoms. The highest BCUT2D eigenvalue weighted by atomic mass is 16.5. The first-order valence-electron chi connectivity index (χ1n) is 5.65. The number of hydrogen-bond acceptors (Lipinski definition) is 3. The molecule has 0 aliphatic heterocycles. The number of ether oxygens (including phenoxy) is 1. The van der Waals surface area contributed by atoms with Crippen LogP contribution in [0.1, 0.15) is 24.2 Å². The molecule has 0 aliphatic rings. The molecule has 0 spiro atoms. The predicted molar refractivity (Wildman–Crippen MR) is 68.3 cm³/mol. The highest BCUT2D eigenvalue weighted by molar-refractivity contribution is 5.41. The van der Waals surface area contributed by atoms with Crippen LogP contribution in [0.15, 0.2) is 48.5 Å². The summed E-state index contributed by atoms with van der Waals surface area (Å²) in [6.07, 6.45) is -0.584. The van der Waals surface area contributed by atoms with Crippen molar-refractivity contribution in [2.45, 2.75) is 13.0 Å². The number of aliphatic hydroxyl groups excluding tert-OH is 1. The first kappa shape index (κ1) is 12.2. The van der Waals surface area contributed by atoms with Gasteiger partial charge >= 0.3 is 0 Å². The summed E-state index contributed by atoms with van der Waals surface area (Å²) in [5.74, 6) is 1.26. The fraction of sp³-hybridized carbons (Fsp3) is 0.133. The Bertz CT molecular complexity index is 568. The van der Waals surface area contributed by atoms with E-state index in [-0.39, 0.29) is 0 Å². The van der Waals surface area contributed by atoms with E-state index in [0.717, 1.165) is 5.56 Å². The molecule has 0 heterocycles. The molecule has 18 heavy (non-hydrogen) atoms. The molecule has 0 aliphatic carbocycles. The van der Waals surface area contributed by atoms with Gasteiger partial charge in [0.25, 0.3) is 0 Å². The van der Waals surface area contributed by atoms with E-state index in [9.17, 15) is 5.11 Å². The average molecular weight is 239 g/mol. The molecule has 90 valence electrons. The molecule has 2 aromatic rings. The highest BCUT2D eigenvalue weighted by Gasteiger charge is 2.08. The first-order valence-corrected chi connectivity index (χ1v) is 5.65. The van der Waals surface area contributed by atoms with Crippen molar-refractivity contribution in [3.05, 3.63) is 59.7 Å². The molecule has 0 saturated carbocycles. The predicted octanol–water partition coefficient (Wildman–Crippen LogP) is 3.40. The molecule has 2 aromatic carbocycles. The molecule has 3 nitrogen and oxygen atoms in total. The van der Waals surface area contributed by atoms with Gasteiger partial charge in [-0.3, -0.25) is 0 Å². The Labute approximate surface area is 106 Å². The van der Waals surface area contributed by atoms with Crippen LogP contribution in [0.4, 0.5) is 0 Å². The summed E-state index contributed by atoms with van der Waals surface area (Å²) in [6.45, 7) is 1.70. The van der Waals surface area contributed by atoms with Crippen molar-refractivity contribution in [1.29, 1.82) is 5.26 Å². The normalized spacial score (nSPS) is 11.6. The van der Waals surface area contributed by atoms with Gasteiger partial charge in [-0.1, -0.05) is 18.2 Å². The molecule has 0 radical (unpaired) electrons. The largest absolute Gasteiger partial charge is 0.457 e. The van der Waals surface area contributed by atoms with Crippen molar-refractivity contribution < 1.29 is 9.84 Å². The van der Waals surface area contributed by atoms with Crippen LogP contribution >= 0.6 is 0 Å². The van der Waals surface area contributed by atoms with Gasteiger partial charge < -0.3 is 9.84 Å². The summed E-state index contributed by atoms with van der Waals surface area (Å²) in [5.41, 5.74) is 1.33. The van der Waals surface area contributed by atoms with Gasteiger partial charge in [-0.05, 0) is 37.3 Å². The van der Waals surface area contributed by atoms with Crippen LogP contribution in [0.5, 0.6) is 11.5 Å². The van der Waals surface area contributed by atoms with Gasteiger partial charge in [0, 0.05) is 5.56 Å². The Kier molecular flexibility index (Phi) is 3.61. The quantitative estimate of drug-likeness (QED) is 0.893. The van der Waals surface area contributed by atoms with E-state index in [0.29, 0.717) is 17.1 Å². The second-order valence-electron chi connectivity index (χ2n) is 3.95. The van der Waals surface area contributed by atoms with Crippen LogP contribution in [-0.4, -0.2) is 5.11 Å². The molecule has 0 bridgehead atoms. The Hall–Kier alpha value is -2.31. The van der Waals surface area contributed by atoms with Crippen molar-refractivity contribution in [1.82, 2.24) is 0 Å². The molecule has 0 amide bonds. The molecular weight excluding hydrogens is 226 g/mol. The first-order chi connectivity index (χ1) is 8.70. The van der Waals surface area contributed by atoms with Crippen molar-refractivity contribution >= 4 is 0 Å². The van der Waals surface area contributed by atoms with E-state index in [1.807, 2.05) is 18.2 Å². The van der Waals surface area contributed by atoms with Gasteiger partial charge in [-0.15, -0.1) is 0 Å². The van der Waals surface area contributed by atoms with Crippen molar-refractivity contribution in [2.24, 2.45) is 0 Å². The zero-order valence-corrected chi connectivity index (χ0v) is 10.00. The van der Waals surface area contributed by atoms with Gasteiger partial charge in [0.2, 0.25) is 0 Å². The third-order valence-electron chi connectivity index (χ3n) is 2.58. The Morgan fingerprint density at radius 1 is 1.11 bits per heavy atom. The van der Waals surface area contributed by atoms with Crippen LogP contribution in [0.3, 0.4) is 0 Å². The van der Waals surface area contributed by atoms with Crippen LogP contribution in [-0.2, 0) is 0 Å². The maximum Gasteiger partial charge on any atom is 0.133 e. The lowest BCUT2D eigenvalue weighted by Crippen LogP contribution is -1.95. The summed E-state index contributed by atoms with van der Waals surface area (Å²) < 4.78 is 5.70. The average Bonchev–Trinajstić information content (AvgIpc) is 2.40. The maximum atomic E-state index is 9.64. The second kappa shape index (κ2) is 5.35. The van der Waals surface area contributed by atoms with E-state index in [4.69, 9.17) is 10.00 Å². The number of nitrogens with zero attached hydrogens (tertiary/aromatic N) is 1. The molecule has 2 rings (SSSR count). The Morgan fingerprint density at radius 3 is 2.39 bits per heavy atom. The molecule has 0 saturated heterocycles. The zero-order valence-electron chi connectivity index (χ0n) is 10.00. The third-order valence-corrected chi connectivity index (χ3v) is 2.58. The number of para-hydroxylation sites is 1. The number of benzene rings is 2. The molecular formula is C15H13NO2. The minimum atomic E-state index is -0.584. The minimum absolute atomic E-state index is 0.584. The van der Waals surface area contributed by atoms with E-state index in [1.165, 1.54) is 0 Å². The smallest absolute Gasteiger partial charge is 0.133 e. The molecule has 1 atom stereocenters. The van der Waals surface area contributed by atoms with Crippen LogP contribution < -0.4 is 4.74 Å². The Balaban J connectivity index is 2.26. The SMILES string of the molecule is CC(O)c1ccccc1Oc1ccc(C#N)cc1. The fourth-order valence-electron chi connectivity index (χ4n) is 1.64. The second-order valence-corrected chi connectivity index (χ2v) is 3.95. The van der Waals surface area contributed by atoms with Crippen LogP contribution in [0.25, 0.3) is 0 Å². The standard InChI is InChI=1S/C15H13NO2/c1-11(17)14-4-2-3-5-15(14)18-13-8-6-12(10-16)7-9-13/h2-9,11,17H,1H3. The van der Waals surface area contributed by atoms with Gasteiger partial charge in [-0.25, -0.2) is 0 Å². The zero-order chi connectivity index (χ0) is 13.0. The molecule has 1 N–H and O–H groups in total. The van der Waals surface area contributed by atoms with Gasteiger partial charge in [0.1, 0.15) is 11.5 Å². The van der Waals surface area contributed by atoms with E-state index in [1.54, 1.807) is 37.3 Å². The van der Waals surface area contributed by atoms with Crippen LogP contribution in [0.2, 0.25) is 0 Å². The number of aliphatic hydroxyl groups is 1. The van der Waals surface area contributed by atoms with Gasteiger partial charge in [0.15, 0.2) is 0 Å². The van der Waals surface area contributed by atoms with Crippen molar-refractivity contribution in [3.63, 3.8) is 0 Å². The number of nitriles is 1. The highest BCUT2D eigenvalue weighted by Crippen LogP contribution is 2.29. The van der Waals surface area contributed by atoms with E-state index >= 15 is 0 Å². The lowest BCUT2D eigenvalue weighted by molar-refractivity contribution is 0.195. The lowest BCUT2D eigenvalue weighted by atomic mass is 10.1. The molecule has 0 fully saturated rings. The summed E-state index contributed by atoms with van der Waals surface area (Å²) in [4.78, 5) is 0. The Morgan fingerprint density at radius 2 is 1.78 bits per heavy atom. The maximum absolute atomic E-state index is 9.64. The monoisotopic (exact) mass is 239 g/mol. The third kappa shape index (κ3) is 2.68. The summed E-state index contributed by atoms with van der Waals surface area (Å²) in [7, 11) is 0. The summed E-state index contributed by atoms with van der Waals surface area (Å²) in [6, 6.07) is 16.2. The van der Waals surface area contributed by atoms with Gasteiger partial charge in [-0.2, -0.15) is 5.26 Å². The topological polar surface area (TPSA) is 53.2 Å². The summed E-state index contributed by atoms with van der Waals surface area (Å²) in [5, 5.41) is 18.4. The van der Waals surface area contributed by atoms with E-state index in [2.05, 4.69) is 6.07 Å². The van der Waals surface area contributed by atoms with Gasteiger partial charge in [0.05, 0.1) is 17.7 Å². The molecule has 1 unspecified atom stereocenters. The summed E-state index contributed by atoms with van der Waals surface area (Å²) >= 11 is 0. The fourth-order valence-corrected chi connectivity index (χ4v) is 1.64.